The SMILES string of the molecule is Cc1coc(NC(=O)c2csc(C3CCN(C(=O)c4c(F)cccc4Cl)CC3)n2)n1. The number of thiazole rings is 1. The zero-order valence-corrected chi connectivity index (χ0v) is 17.6. The Morgan fingerprint density at radius 3 is 2.73 bits per heavy atom. The van der Waals surface area contributed by atoms with Crippen LogP contribution in [0.25, 0.3) is 0 Å². The van der Waals surface area contributed by atoms with Crippen molar-refractivity contribution in [3.63, 3.8) is 0 Å². The van der Waals surface area contributed by atoms with Gasteiger partial charge >= 0.3 is 6.01 Å². The quantitative estimate of drug-likeness (QED) is 0.634. The molecule has 3 aromatic rings. The summed E-state index contributed by atoms with van der Waals surface area (Å²) in [5.74, 6) is -1.29. The summed E-state index contributed by atoms with van der Waals surface area (Å²) < 4.78 is 19.2. The molecule has 3 heterocycles. The Labute approximate surface area is 180 Å². The van der Waals surface area contributed by atoms with Gasteiger partial charge in [0.2, 0.25) is 0 Å². The van der Waals surface area contributed by atoms with Crippen molar-refractivity contribution in [1.82, 2.24) is 14.9 Å². The molecule has 0 saturated carbocycles. The first kappa shape index (κ1) is 20.5. The van der Waals surface area contributed by atoms with Gasteiger partial charge in [-0.05, 0) is 31.9 Å². The smallest absolute Gasteiger partial charge is 0.301 e. The van der Waals surface area contributed by atoms with Crippen LogP contribution in [0, 0.1) is 12.7 Å². The van der Waals surface area contributed by atoms with E-state index in [0.717, 1.165) is 5.01 Å². The van der Waals surface area contributed by atoms with Gasteiger partial charge in [0.1, 0.15) is 17.8 Å². The van der Waals surface area contributed by atoms with Gasteiger partial charge in [-0.15, -0.1) is 11.3 Å². The molecule has 4 rings (SSSR count). The van der Waals surface area contributed by atoms with E-state index in [1.807, 2.05) is 0 Å². The van der Waals surface area contributed by atoms with Gasteiger partial charge < -0.3 is 9.32 Å². The van der Waals surface area contributed by atoms with Crippen LogP contribution in [0.2, 0.25) is 5.02 Å². The van der Waals surface area contributed by atoms with Gasteiger partial charge in [-0.2, -0.15) is 4.98 Å². The normalized spacial score (nSPS) is 14.7. The Balaban J connectivity index is 1.38. The molecule has 0 radical (unpaired) electrons. The molecule has 2 aromatic heterocycles. The van der Waals surface area contributed by atoms with Crippen molar-refractivity contribution in [1.29, 1.82) is 0 Å². The standard InChI is InChI=1S/C20H18ClFN4O3S/c1-11-9-29-20(23-11)25-17(27)15-10-30-18(24-15)12-5-7-26(8-6-12)19(28)16-13(21)3-2-4-14(16)22/h2-4,9-10,12H,5-8H2,1H3,(H,23,25,27). The molecule has 0 spiro atoms. The molecule has 7 nitrogen and oxygen atoms in total. The molecule has 2 amide bonds. The molecular formula is C20H18ClFN4O3S. The predicted molar refractivity (Wildman–Crippen MR) is 111 cm³/mol. The maximum atomic E-state index is 14.0. The van der Waals surface area contributed by atoms with Crippen LogP contribution in [0.5, 0.6) is 0 Å². The minimum absolute atomic E-state index is 0.0902. The lowest BCUT2D eigenvalue weighted by atomic mass is 9.97. The number of rotatable bonds is 4. The van der Waals surface area contributed by atoms with Gasteiger partial charge in [0.15, 0.2) is 0 Å². The largest absolute Gasteiger partial charge is 0.432 e. The number of hydrogen-bond donors (Lipinski definition) is 1. The predicted octanol–water partition coefficient (Wildman–Crippen LogP) is 4.50. The molecule has 1 aromatic carbocycles. The molecule has 0 unspecified atom stereocenters. The molecule has 1 aliphatic rings. The molecule has 1 saturated heterocycles. The molecular weight excluding hydrogens is 431 g/mol. The van der Waals surface area contributed by atoms with Crippen molar-refractivity contribution in [2.45, 2.75) is 25.7 Å². The second kappa shape index (κ2) is 8.53. The van der Waals surface area contributed by atoms with E-state index < -0.39 is 11.7 Å². The number of hydrogen-bond acceptors (Lipinski definition) is 6. The third-order valence-corrected chi connectivity index (χ3v) is 6.22. The van der Waals surface area contributed by atoms with Crippen LogP contribution in [-0.2, 0) is 0 Å². The molecule has 1 fully saturated rings. The van der Waals surface area contributed by atoms with E-state index in [4.69, 9.17) is 16.0 Å². The average Bonchev–Trinajstić information content (AvgIpc) is 3.37. The number of carbonyl (C=O) groups excluding carboxylic acids is 2. The molecule has 156 valence electrons. The average molecular weight is 449 g/mol. The van der Waals surface area contributed by atoms with Crippen LogP contribution in [0.3, 0.4) is 0 Å². The van der Waals surface area contributed by atoms with E-state index in [9.17, 15) is 14.0 Å². The molecule has 0 bridgehead atoms. The van der Waals surface area contributed by atoms with E-state index >= 15 is 0 Å². The van der Waals surface area contributed by atoms with Crippen molar-refractivity contribution < 1.29 is 18.4 Å². The second-order valence-electron chi connectivity index (χ2n) is 6.98. The Hall–Kier alpha value is -2.78. The van der Waals surface area contributed by atoms with Crippen molar-refractivity contribution in [2.75, 3.05) is 18.4 Å². The first-order chi connectivity index (χ1) is 14.4. The van der Waals surface area contributed by atoms with Crippen LogP contribution >= 0.6 is 22.9 Å². The number of aryl methyl sites for hydroxylation is 1. The third kappa shape index (κ3) is 4.22. The van der Waals surface area contributed by atoms with Gasteiger partial charge in [-0.3, -0.25) is 14.9 Å². The van der Waals surface area contributed by atoms with Gasteiger partial charge in [-0.1, -0.05) is 17.7 Å². The summed E-state index contributed by atoms with van der Waals surface area (Å²) in [6.07, 6.45) is 2.79. The minimum Gasteiger partial charge on any atom is -0.432 e. The van der Waals surface area contributed by atoms with Crippen LogP contribution < -0.4 is 5.32 Å². The van der Waals surface area contributed by atoms with Crippen molar-refractivity contribution in [3.8, 4) is 0 Å². The number of aromatic nitrogens is 2. The van der Waals surface area contributed by atoms with Gasteiger partial charge in [0.05, 0.1) is 21.3 Å². The summed E-state index contributed by atoms with van der Waals surface area (Å²) in [6, 6.07) is 4.34. The molecule has 10 heteroatoms. The van der Waals surface area contributed by atoms with E-state index in [2.05, 4.69) is 15.3 Å². The van der Waals surface area contributed by atoms with Crippen LogP contribution in [0.15, 0.2) is 34.3 Å². The van der Waals surface area contributed by atoms with Gasteiger partial charge in [0, 0.05) is 24.4 Å². The van der Waals surface area contributed by atoms with Crippen LogP contribution in [-0.4, -0.2) is 39.8 Å². The van der Waals surface area contributed by atoms with E-state index in [0.29, 0.717) is 37.3 Å². The lowest BCUT2D eigenvalue weighted by molar-refractivity contribution is 0.0708. The Morgan fingerprint density at radius 1 is 1.30 bits per heavy atom. The maximum Gasteiger partial charge on any atom is 0.301 e. The second-order valence-corrected chi connectivity index (χ2v) is 8.28. The Kier molecular flexibility index (Phi) is 5.83. The Morgan fingerprint density at radius 2 is 2.07 bits per heavy atom. The number of anilines is 1. The van der Waals surface area contributed by atoms with Crippen molar-refractivity contribution >= 4 is 40.8 Å². The molecule has 1 N–H and O–H groups in total. The minimum atomic E-state index is -0.619. The lowest BCUT2D eigenvalue weighted by Gasteiger charge is -2.31. The van der Waals surface area contributed by atoms with Gasteiger partial charge in [-0.25, -0.2) is 9.37 Å². The zero-order chi connectivity index (χ0) is 21.3. The van der Waals surface area contributed by atoms with E-state index in [1.165, 1.54) is 35.8 Å². The number of carbonyl (C=O) groups is 2. The van der Waals surface area contributed by atoms with E-state index in [1.54, 1.807) is 17.2 Å². The first-order valence-electron chi connectivity index (χ1n) is 9.34. The van der Waals surface area contributed by atoms with Crippen LogP contribution in [0.4, 0.5) is 10.4 Å². The number of likely N-dealkylation sites (tertiary alicyclic amines) is 1. The fourth-order valence-corrected chi connectivity index (χ4v) is 4.56. The number of amides is 2. The highest BCUT2D eigenvalue weighted by Crippen LogP contribution is 2.32. The highest BCUT2D eigenvalue weighted by atomic mass is 35.5. The molecule has 1 aliphatic heterocycles. The fourth-order valence-electron chi connectivity index (χ4n) is 3.34. The molecule has 0 atom stereocenters. The number of nitrogens with one attached hydrogen (secondary N) is 1. The third-order valence-electron chi connectivity index (χ3n) is 4.90. The zero-order valence-electron chi connectivity index (χ0n) is 16.0. The van der Waals surface area contributed by atoms with E-state index in [-0.39, 0.29) is 28.4 Å². The lowest BCUT2D eigenvalue weighted by Crippen LogP contribution is -2.38. The van der Waals surface area contributed by atoms with Crippen molar-refractivity contribution in [2.24, 2.45) is 0 Å². The molecule has 30 heavy (non-hydrogen) atoms. The number of benzene rings is 1. The number of piperidine rings is 1. The summed E-state index contributed by atoms with van der Waals surface area (Å²) >= 11 is 7.42. The first-order valence-corrected chi connectivity index (χ1v) is 10.6. The Bertz CT molecular complexity index is 1070. The highest BCUT2D eigenvalue weighted by molar-refractivity contribution is 7.10. The topological polar surface area (TPSA) is 88.3 Å². The van der Waals surface area contributed by atoms with Gasteiger partial charge in [0.25, 0.3) is 11.8 Å². The van der Waals surface area contributed by atoms with Crippen molar-refractivity contribution in [3.05, 3.63) is 62.6 Å². The maximum absolute atomic E-state index is 14.0. The van der Waals surface area contributed by atoms with Crippen LogP contribution in [0.1, 0.15) is 50.3 Å². The summed E-state index contributed by atoms with van der Waals surface area (Å²) in [5.41, 5.74) is 0.873. The molecule has 0 aliphatic carbocycles. The fraction of sp³-hybridized carbons (Fsp3) is 0.300. The summed E-state index contributed by atoms with van der Waals surface area (Å²) in [4.78, 5) is 35.1. The summed E-state index contributed by atoms with van der Waals surface area (Å²) in [7, 11) is 0. The summed E-state index contributed by atoms with van der Waals surface area (Å²) in [6.45, 7) is 2.69. The highest BCUT2D eigenvalue weighted by Gasteiger charge is 2.29. The monoisotopic (exact) mass is 448 g/mol. The number of nitrogens with zero attached hydrogens (tertiary/aromatic N) is 3. The number of oxazole rings is 1. The number of halogens is 2. The summed E-state index contributed by atoms with van der Waals surface area (Å²) in [5, 5.41) is 5.21.